The smallest absolute Gasteiger partial charge is 0.141 e. The molecule has 0 spiro atoms. The summed E-state index contributed by atoms with van der Waals surface area (Å²) in [5.41, 5.74) is 12.6. The number of hydrogen-bond acceptors (Lipinski definition) is 1. The minimum Gasteiger partial charge on any atom is -0.296 e. The van der Waals surface area contributed by atoms with Gasteiger partial charge in [0.25, 0.3) is 0 Å². The van der Waals surface area contributed by atoms with Gasteiger partial charge in [-0.15, -0.1) is 6.58 Å². The molecule has 5 aromatic rings. The van der Waals surface area contributed by atoms with Crippen LogP contribution in [0.25, 0.3) is 61.7 Å². The van der Waals surface area contributed by atoms with Crippen LogP contribution in [-0.4, -0.2) is 9.55 Å². The molecule has 0 aliphatic heterocycles. The average Bonchev–Trinajstić information content (AvgIpc) is 3.48. The SMILES string of the molecule is C=CCc1c(/C=C\C)nc(C2=CC=C(c3c4c(c(-c5ccc6ccccc6c5)c5ccccc35)CCC=C4)CC2)n1/C(C=C)=C/C=C\C. The van der Waals surface area contributed by atoms with Gasteiger partial charge in [0, 0.05) is 12.1 Å². The maximum Gasteiger partial charge on any atom is 0.141 e. The number of hydrogen-bond donors (Lipinski definition) is 0. The van der Waals surface area contributed by atoms with Crippen molar-refractivity contribution < 1.29 is 0 Å². The Morgan fingerprint density at radius 2 is 1.58 bits per heavy atom. The predicted octanol–water partition coefficient (Wildman–Crippen LogP) is 12.4. The van der Waals surface area contributed by atoms with Crippen molar-refractivity contribution >= 4 is 50.5 Å². The number of imidazole rings is 1. The Morgan fingerprint density at radius 1 is 0.833 bits per heavy atom. The summed E-state index contributed by atoms with van der Waals surface area (Å²) in [6, 6.07) is 24.6. The summed E-state index contributed by atoms with van der Waals surface area (Å²) in [6.07, 6.45) is 28.3. The lowest BCUT2D eigenvalue weighted by atomic mass is 9.78. The largest absolute Gasteiger partial charge is 0.296 e. The summed E-state index contributed by atoms with van der Waals surface area (Å²) in [5, 5.41) is 5.21. The summed E-state index contributed by atoms with van der Waals surface area (Å²) < 4.78 is 2.27. The van der Waals surface area contributed by atoms with Crippen LogP contribution in [0.1, 0.15) is 67.0 Å². The zero-order valence-corrected chi connectivity index (χ0v) is 28.0. The number of nitrogens with zero attached hydrogens (tertiary/aromatic N) is 2. The molecule has 0 unspecified atom stereocenters. The fourth-order valence-corrected chi connectivity index (χ4v) is 7.45. The molecular formula is C46H42N2. The van der Waals surface area contributed by atoms with Crippen molar-refractivity contribution in [2.75, 3.05) is 0 Å². The minimum absolute atomic E-state index is 0.718. The first-order chi connectivity index (χ1) is 23.7. The predicted molar refractivity (Wildman–Crippen MR) is 210 cm³/mol. The van der Waals surface area contributed by atoms with Gasteiger partial charge < -0.3 is 0 Å². The van der Waals surface area contributed by atoms with E-state index in [1.165, 1.54) is 60.5 Å². The molecule has 0 fully saturated rings. The maximum atomic E-state index is 5.21. The number of rotatable bonds is 9. The van der Waals surface area contributed by atoms with Crippen molar-refractivity contribution in [2.24, 2.45) is 0 Å². The highest BCUT2D eigenvalue weighted by atomic mass is 15.1. The molecule has 2 heteroatoms. The monoisotopic (exact) mass is 622 g/mol. The molecule has 1 aromatic heterocycles. The van der Waals surface area contributed by atoms with E-state index in [9.17, 15) is 0 Å². The van der Waals surface area contributed by atoms with Crippen LogP contribution in [0.2, 0.25) is 0 Å². The van der Waals surface area contributed by atoms with Crippen molar-refractivity contribution in [3.05, 3.63) is 168 Å². The Kier molecular flexibility index (Phi) is 8.90. The molecule has 0 N–H and O–H groups in total. The normalized spacial score (nSPS) is 14.9. The molecule has 2 aliphatic carbocycles. The molecule has 0 saturated carbocycles. The molecule has 0 saturated heterocycles. The van der Waals surface area contributed by atoms with Gasteiger partial charge in [0.2, 0.25) is 0 Å². The highest BCUT2D eigenvalue weighted by Gasteiger charge is 2.25. The Labute approximate surface area is 284 Å². The lowest BCUT2D eigenvalue weighted by molar-refractivity contribution is 0.949. The first-order valence-electron chi connectivity index (χ1n) is 17.1. The average molecular weight is 623 g/mol. The van der Waals surface area contributed by atoms with Crippen LogP contribution in [0.3, 0.4) is 0 Å². The zero-order chi connectivity index (χ0) is 33.0. The second-order valence-electron chi connectivity index (χ2n) is 12.5. The van der Waals surface area contributed by atoms with E-state index >= 15 is 0 Å². The molecule has 7 rings (SSSR count). The molecule has 0 atom stereocenters. The standard InChI is InChI=1S/C46H42N2/c1-5-9-20-37(8-4)48-43(17-7-3)42(16-6-2)47-46(48)34-28-26-33(27-29-34)44-38-21-12-14-23-40(38)45(41-24-15-13-22-39(41)44)36-30-25-32-18-10-11-19-35(32)31-36/h5-14,16,18-23,25-26,28,30-31H,3-4,15,17,24,27,29H2,1-2H3/b9-5-,16-6-,37-20+. The van der Waals surface area contributed by atoms with Gasteiger partial charge in [-0.2, -0.15) is 0 Å². The van der Waals surface area contributed by atoms with E-state index in [2.05, 4.69) is 133 Å². The van der Waals surface area contributed by atoms with Crippen molar-refractivity contribution in [3.8, 4) is 11.1 Å². The number of aromatic nitrogens is 2. The summed E-state index contributed by atoms with van der Waals surface area (Å²) in [7, 11) is 0. The van der Waals surface area contributed by atoms with Crippen molar-refractivity contribution in [3.63, 3.8) is 0 Å². The third-order valence-corrected chi connectivity index (χ3v) is 9.60. The van der Waals surface area contributed by atoms with Crippen molar-refractivity contribution in [1.29, 1.82) is 0 Å². The van der Waals surface area contributed by atoms with Crippen LogP contribution in [0.4, 0.5) is 0 Å². The lowest BCUT2D eigenvalue weighted by Crippen LogP contribution is -2.08. The van der Waals surface area contributed by atoms with Crippen LogP contribution in [0, 0.1) is 0 Å². The summed E-state index contributed by atoms with van der Waals surface area (Å²) in [5.74, 6) is 0.976. The Morgan fingerprint density at radius 3 is 2.31 bits per heavy atom. The van der Waals surface area contributed by atoms with Gasteiger partial charge in [0.05, 0.1) is 11.4 Å². The Bertz CT molecular complexity index is 2260. The fourth-order valence-electron chi connectivity index (χ4n) is 7.45. The molecule has 236 valence electrons. The molecule has 0 bridgehead atoms. The summed E-state index contributed by atoms with van der Waals surface area (Å²) in [4.78, 5) is 5.21. The van der Waals surface area contributed by atoms with Crippen LogP contribution in [-0.2, 0) is 12.8 Å². The van der Waals surface area contributed by atoms with E-state index in [4.69, 9.17) is 4.98 Å². The first-order valence-corrected chi connectivity index (χ1v) is 17.1. The molecule has 2 nitrogen and oxygen atoms in total. The van der Waals surface area contributed by atoms with Crippen LogP contribution in [0.15, 0.2) is 135 Å². The lowest BCUT2D eigenvalue weighted by Gasteiger charge is -2.26. The molecule has 0 amide bonds. The van der Waals surface area contributed by atoms with E-state index in [0.717, 1.165) is 55.0 Å². The molecule has 4 aromatic carbocycles. The van der Waals surface area contributed by atoms with Gasteiger partial charge in [0.15, 0.2) is 0 Å². The van der Waals surface area contributed by atoms with Crippen LogP contribution >= 0.6 is 0 Å². The Balaban J connectivity index is 1.41. The van der Waals surface area contributed by atoms with Gasteiger partial charge >= 0.3 is 0 Å². The van der Waals surface area contributed by atoms with Crippen molar-refractivity contribution in [1.82, 2.24) is 9.55 Å². The van der Waals surface area contributed by atoms with Gasteiger partial charge in [-0.3, -0.25) is 4.57 Å². The number of fused-ring (bicyclic) bond motifs is 3. The van der Waals surface area contributed by atoms with E-state index in [0.29, 0.717) is 0 Å². The van der Waals surface area contributed by atoms with Crippen LogP contribution < -0.4 is 0 Å². The highest BCUT2D eigenvalue weighted by molar-refractivity contribution is 6.08. The molecule has 2 aliphatic rings. The Hall–Kier alpha value is -5.47. The fraction of sp³-hybridized carbons (Fsp3) is 0.152. The molecule has 1 heterocycles. The molecular weight excluding hydrogens is 581 g/mol. The van der Waals surface area contributed by atoms with E-state index in [1.807, 2.05) is 32.1 Å². The summed E-state index contributed by atoms with van der Waals surface area (Å²) >= 11 is 0. The highest BCUT2D eigenvalue weighted by Crippen LogP contribution is 2.45. The molecule has 48 heavy (non-hydrogen) atoms. The second kappa shape index (κ2) is 13.7. The third-order valence-electron chi connectivity index (χ3n) is 9.60. The first kappa shape index (κ1) is 31.1. The number of allylic oxidation sites excluding steroid dienone is 12. The molecule has 0 radical (unpaired) electrons. The quantitative estimate of drug-likeness (QED) is 0.118. The second-order valence-corrected chi connectivity index (χ2v) is 12.5. The van der Waals surface area contributed by atoms with E-state index in [1.54, 1.807) is 0 Å². The van der Waals surface area contributed by atoms with Gasteiger partial charge in [-0.25, -0.2) is 4.98 Å². The third kappa shape index (κ3) is 5.58. The van der Waals surface area contributed by atoms with Crippen molar-refractivity contribution in [2.45, 2.75) is 46.0 Å². The topological polar surface area (TPSA) is 17.8 Å². The number of benzene rings is 4. The van der Waals surface area contributed by atoms with E-state index < -0.39 is 0 Å². The zero-order valence-electron chi connectivity index (χ0n) is 28.0. The summed E-state index contributed by atoms with van der Waals surface area (Å²) in [6.45, 7) is 12.3. The van der Waals surface area contributed by atoms with Gasteiger partial charge in [-0.1, -0.05) is 116 Å². The van der Waals surface area contributed by atoms with Gasteiger partial charge in [0.1, 0.15) is 5.82 Å². The van der Waals surface area contributed by atoms with E-state index in [-0.39, 0.29) is 0 Å². The van der Waals surface area contributed by atoms with Gasteiger partial charge in [-0.05, 0) is 124 Å². The minimum atomic E-state index is 0.718. The maximum absolute atomic E-state index is 5.21. The van der Waals surface area contributed by atoms with Crippen LogP contribution in [0.5, 0.6) is 0 Å².